The normalized spacial score (nSPS) is 21.4. The average molecular weight is 278 g/mol. The van der Waals surface area contributed by atoms with Gasteiger partial charge in [-0.1, -0.05) is 12.8 Å². The minimum absolute atomic E-state index is 0.166. The number of non-ortho nitro benzene ring substituents is 1. The Balaban J connectivity index is 1.76. The largest absolute Gasteiger partial charge is 0.371 e. The van der Waals surface area contributed by atoms with Gasteiger partial charge in [0.2, 0.25) is 0 Å². The van der Waals surface area contributed by atoms with E-state index in [0.29, 0.717) is 11.1 Å². The van der Waals surface area contributed by atoms with Gasteiger partial charge in [-0.2, -0.15) is 0 Å². The first-order chi connectivity index (χ1) is 9.58. The summed E-state index contributed by atoms with van der Waals surface area (Å²) in [5, 5.41) is 10.8. The highest BCUT2D eigenvalue weighted by atomic mass is 19.1. The van der Waals surface area contributed by atoms with E-state index in [1.807, 2.05) is 0 Å². The fourth-order valence-electron chi connectivity index (χ4n) is 3.71. The van der Waals surface area contributed by atoms with Gasteiger partial charge in [-0.15, -0.1) is 0 Å². The molecule has 1 heterocycles. The van der Waals surface area contributed by atoms with E-state index in [9.17, 15) is 14.5 Å². The van der Waals surface area contributed by atoms with Crippen molar-refractivity contribution in [1.29, 1.82) is 0 Å². The monoisotopic (exact) mass is 278 g/mol. The molecule has 1 aromatic carbocycles. The Hall–Kier alpha value is -1.65. The number of nitro benzene ring substituents is 1. The van der Waals surface area contributed by atoms with E-state index in [4.69, 9.17) is 0 Å². The summed E-state index contributed by atoms with van der Waals surface area (Å²) in [5.74, 6) is -0.532. The van der Waals surface area contributed by atoms with Crippen LogP contribution < -0.4 is 4.90 Å². The van der Waals surface area contributed by atoms with Crippen LogP contribution >= 0.6 is 0 Å². The third-order valence-corrected chi connectivity index (χ3v) is 4.93. The lowest BCUT2D eigenvalue weighted by Gasteiger charge is -2.40. The first kappa shape index (κ1) is 13.3. The van der Waals surface area contributed by atoms with E-state index in [-0.39, 0.29) is 5.69 Å². The van der Waals surface area contributed by atoms with Crippen molar-refractivity contribution in [2.45, 2.75) is 38.5 Å². The first-order valence-corrected chi connectivity index (χ1v) is 7.28. The van der Waals surface area contributed by atoms with Crippen molar-refractivity contribution < 1.29 is 9.31 Å². The molecule has 1 aromatic rings. The summed E-state index contributed by atoms with van der Waals surface area (Å²) >= 11 is 0. The summed E-state index contributed by atoms with van der Waals surface area (Å²) in [7, 11) is 0. The first-order valence-electron chi connectivity index (χ1n) is 7.28. The number of rotatable bonds is 2. The molecule has 1 aliphatic carbocycles. The molecule has 0 amide bonds. The molecule has 5 heteroatoms. The molecule has 1 saturated carbocycles. The second-order valence-corrected chi connectivity index (χ2v) is 6.12. The molecular weight excluding hydrogens is 259 g/mol. The maximum atomic E-state index is 13.5. The van der Waals surface area contributed by atoms with Crippen LogP contribution in [0.15, 0.2) is 18.2 Å². The molecule has 4 nitrogen and oxygen atoms in total. The lowest BCUT2D eigenvalue weighted by molar-refractivity contribution is -0.385. The molecule has 1 saturated heterocycles. The summed E-state index contributed by atoms with van der Waals surface area (Å²) in [4.78, 5) is 12.4. The van der Waals surface area contributed by atoms with Gasteiger partial charge < -0.3 is 4.90 Å². The van der Waals surface area contributed by atoms with Crippen LogP contribution in [0.2, 0.25) is 0 Å². The highest BCUT2D eigenvalue weighted by Crippen LogP contribution is 2.46. The molecule has 0 N–H and O–H groups in total. The van der Waals surface area contributed by atoms with Gasteiger partial charge in [0.25, 0.3) is 5.69 Å². The molecule has 1 aliphatic heterocycles. The van der Waals surface area contributed by atoms with Crippen LogP contribution in [0.4, 0.5) is 15.8 Å². The molecule has 0 bridgehead atoms. The molecule has 0 aromatic heterocycles. The minimum atomic E-state index is -0.533. The third-order valence-electron chi connectivity index (χ3n) is 4.93. The van der Waals surface area contributed by atoms with Gasteiger partial charge in [0.15, 0.2) is 0 Å². The molecular formula is C15H19FN2O2. The molecule has 108 valence electrons. The number of halogens is 1. The summed E-state index contributed by atoms with van der Waals surface area (Å²) < 4.78 is 13.5. The maximum Gasteiger partial charge on any atom is 0.274 e. The Morgan fingerprint density at radius 1 is 1.10 bits per heavy atom. The summed E-state index contributed by atoms with van der Waals surface area (Å²) in [6, 6.07) is 3.86. The minimum Gasteiger partial charge on any atom is -0.371 e. The van der Waals surface area contributed by atoms with Gasteiger partial charge in [-0.3, -0.25) is 10.1 Å². The molecule has 1 spiro atoms. The summed E-state index contributed by atoms with van der Waals surface area (Å²) in [6.45, 7) is 1.75. The lowest BCUT2D eigenvalue weighted by Crippen LogP contribution is -2.38. The van der Waals surface area contributed by atoms with Crippen molar-refractivity contribution >= 4 is 11.4 Å². The number of hydrogen-bond acceptors (Lipinski definition) is 3. The van der Waals surface area contributed by atoms with Crippen molar-refractivity contribution in [2.24, 2.45) is 5.41 Å². The molecule has 0 atom stereocenters. The molecule has 0 unspecified atom stereocenters. The topological polar surface area (TPSA) is 46.4 Å². The molecule has 20 heavy (non-hydrogen) atoms. The molecule has 2 fully saturated rings. The van der Waals surface area contributed by atoms with Crippen LogP contribution in [0.3, 0.4) is 0 Å². The van der Waals surface area contributed by atoms with E-state index in [1.54, 1.807) is 0 Å². The quantitative estimate of drug-likeness (QED) is 0.609. The van der Waals surface area contributed by atoms with Gasteiger partial charge in [-0.25, -0.2) is 4.39 Å². The van der Waals surface area contributed by atoms with E-state index < -0.39 is 10.7 Å². The van der Waals surface area contributed by atoms with Gasteiger partial charge in [0.05, 0.1) is 11.0 Å². The zero-order valence-corrected chi connectivity index (χ0v) is 11.5. The SMILES string of the molecule is O=[N+]([O-])c1cc(F)cc(N2CCC3(CCCC3)CC2)c1. The number of piperidine rings is 1. The molecule has 0 radical (unpaired) electrons. The van der Waals surface area contributed by atoms with Crippen molar-refractivity contribution in [1.82, 2.24) is 0 Å². The number of nitrogens with zero attached hydrogens (tertiary/aromatic N) is 2. The van der Waals surface area contributed by atoms with Crippen LogP contribution in [0, 0.1) is 21.3 Å². The Morgan fingerprint density at radius 3 is 2.35 bits per heavy atom. The third kappa shape index (κ3) is 2.49. The smallest absolute Gasteiger partial charge is 0.274 e. The van der Waals surface area contributed by atoms with Crippen LogP contribution in [0.25, 0.3) is 0 Å². The fourth-order valence-corrected chi connectivity index (χ4v) is 3.71. The summed E-state index contributed by atoms with van der Waals surface area (Å²) in [5.41, 5.74) is 0.973. The van der Waals surface area contributed by atoms with Gasteiger partial charge in [0, 0.05) is 24.8 Å². The van der Waals surface area contributed by atoms with Crippen LogP contribution in [-0.4, -0.2) is 18.0 Å². The Morgan fingerprint density at radius 2 is 1.75 bits per heavy atom. The predicted molar refractivity (Wildman–Crippen MR) is 75.4 cm³/mol. The van der Waals surface area contributed by atoms with E-state index in [1.165, 1.54) is 37.8 Å². The zero-order chi connectivity index (χ0) is 14.2. The number of nitro groups is 1. The Bertz CT molecular complexity index is 517. The fraction of sp³-hybridized carbons (Fsp3) is 0.600. The van der Waals surface area contributed by atoms with Crippen LogP contribution in [-0.2, 0) is 0 Å². The molecule has 2 aliphatic rings. The second-order valence-electron chi connectivity index (χ2n) is 6.12. The van der Waals surface area contributed by atoms with Crippen LogP contribution in [0.1, 0.15) is 38.5 Å². The second kappa shape index (κ2) is 5.04. The van der Waals surface area contributed by atoms with Crippen LogP contribution in [0.5, 0.6) is 0 Å². The highest BCUT2D eigenvalue weighted by Gasteiger charge is 2.37. The maximum absolute atomic E-state index is 13.5. The lowest BCUT2D eigenvalue weighted by atomic mass is 9.77. The van der Waals surface area contributed by atoms with Crippen molar-refractivity contribution in [2.75, 3.05) is 18.0 Å². The van der Waals surface area contributed by atoms with E-state index in [0.717, 1.165) is 32.0 Å². The van der Waals surface area contributed by atoms with E-state index >= 15 is 0 Å². The van der Waals surface area contributed by atoms with Gasteiger partial charge in [0.1, 0.15) is 5.82 Å². The average Bonchev–Trinajstić information content (AvgIpc) is 2.87. The Labute approximate surface area is 117 Å². The standard InChI is InChI=1S/C15H19FN2O2/c16-12-9-13(11-14(10-12)18(19)20)17-7-5-15(6-8-17)3-1-2-4-15/h9-11H,1-8H2. The number of hydrogen-bond donors (Lipinski definition) is 0. The number of anilines is 1. The van der Waals surface area contributed by atoms with E-state index in [2.05, 4.69) is 4.90 Å². The van der Waals surface area contributed by atoms with Crippen molar-refractivity contribution in [3.63, 3.8) is 0 Å². The highest BCUT2D eigenvalue weighted by molar-refractivity contribution is 5.54. The number of benzene rings is 1. The van der Waals surface area contributed by atoms with Gasteiger partial charge >= 0.3 is 0 Å². The predicted octanol–water partition coefficient (Wildman–Crippen LogP) is 3.89. The zero-order valence-electron chi connectivity index (χ0n) is 11.5. The molecule has 3 rings (SSSR count). The Kier molecular flexibility index (Phi) is 3.36. The summed E-state index contributed by atoms with van der Waals surface area (Å²) in [6.07, 6.45) is 7.51. The van der Waals surface area contributed by atoms with Gasteiger partial charge in [-0.05, 0) is 37.2 Å². The van der Waals surface area contributed by atoms with Crippen molar-refractivity contribution in [3.05, 3.63) is 34.1 Å². The van der Waals surface area contributed by atoms with Crippen molar-refractivity contribution in [3.8, 4) is 0 Å².